The molecule has 1 fully saturated rings. The lowest BCUT2D eigenvalue weighted by Gasteiger charge is -2.27. The molecule has 0 aliphatic carbocycles. The zero-order valence-corrected chi connectivity index (χ0v) is 15.2. The van der Waals surface area contributed by atoms with E-state index in [2.05, 4.69) is 27.3 Å². The van der Waals surface area contributed by atoms with E-state index in [-0.39, 0.29) is 5.91 Å². The van der Waals surface area contributed by atoms with Gasteiger partial charge in [0.25, 0.3) is 0 Å². The highest BCUT2D eigenvalue weighted by molar-refractivity contribution is 7.09. The molecule has 0 radical (unpaired) electrons. The number of benzene rings is 1. The van der Waals surface area contributed by atoms with E-state index in [9.17, 15) is 4.79 Å². The van der Waals surface area contributed by atoms with Crippen molar-refractivity contribution in [3.8, 4) is 0 Å². The first-order chi connectivity index (χ1) is 12.2. The number of hydrogen-bond acceptors (Lipinski definition) is 5. The monoisotopic (exact) mass is 357 g/mol. The van der Waals surface area contributed by atoms with Crippen molar-refractivity contribution in [1.29, 1.82) is 0 Å². The number of aromatic nitrogens is 1. The maximum Gasteiger partial charge on any atom is 0.244 e. The molecule has 1 aromatic heterocycles. The Balaban J connectivity index is 1.55. The maximum atomic E-state index is 12.0. The number of carbonyl (C=O) groups excluding carboxylic acids is 1. The Morgan fingerprint density at radius 3 is 2.80 bits per heavy atom. The molecular formula is C19H23N3O2S. The summed E-state index contributed by atoms with van der Waals surface area (Å²) in [5, 5.41) is 5.90. The molecule has 1 N–H and O–H groups in total. The van der Waals surface area contributed by atoms with E-state index >= 15 is 0 Å². The number of carbonyl (C=O) groups is 1. The number of nitrogens with zero attached hydrogens (tertiary/aromatic N) is 2. The fraction of sp³-hybridized carbons (Fsp3) is 0.368. The minimum atomic E-state index is -0.105. The fourth-order valence-corrected chi connectivity index (χ4v) is 3.32. The molecule has 0 spiro atoms. The highest BCUT2D eigenvalue weighted by Gasteiger charge is 2.12. The Morgan fingerprint density at radius 1 is 1.32 bits per heavy atom. The van der Waals surface area contributed by atoms with Crippen molar-refractivity contribution in [2.45, 2.75) is 20.0 Å². The zero-order valence-electron chi connectivity index (χ0n) is 14.4. The average molecular weight is 357 g/mol. The third-order valence-electron chi connectivity index (χ3n) is 4.11. The third kappa shape index (κ3) is 5.49. The smallest absolute Gasteiger partial charge is 0.244 e. The number of ether oxygens (including phenoxy) is 1. The molecule has 1 saturated heterocycles. The van der Waals surface area contributed by atoms with E-state index in [1.807, 2.05) is 24.4 Å². The summed E-state index contributed by atoms with van der Waals surface area (Å²) in [6.07, 6.45) is 3.29. The van der Waals surface area contributed by atoms with Crippen LogP contribution in [0.5, 0.6) is 0 Å². The van der Waals surface area contributed by atoms with Crippen molar-refractivity contribution >= 4 is 23.3 Å². The van der Waals surface area contributed by atoms with Crippen LogP contribution in [0, 0.1) is 6.92 Å². The number of nitrogens with one attached hydrogen (secondary N) is 1. The lowest BCUT2D eigenvalue weighted by Crippen LogP contribution is -2.36. The van der Waals surface area contributed by atoms with Gasteiger partial charge in [-0.25, -0.2) is 4.98 Å². The van der Waals surface area contributed by atoms with Gasteiger partial charge < -0.3 is 10.1 Å². The summed E-state index contributed by atoms with van der Waals surface area (Å²) in [6.45, 7) is 6.86. The van der Waals surface area contributed by atoms with E-state index in [1.54, 1.807) is 23.5 Å². The first-order valence-corrected chi connectivity index (χ1v) is 9.33. The van der Waals surface area contributed by atoms with Gasteiger partial charge in [0, 0.05) is 37.6 Å². The van der Waals surface area contributed by atoms with Gasteiger partial charge in [0.15, 0.2) is 0 Å². The van der Waals surface area contributed by atoms with Crippen LogP contribution in [-0.4, -0.2) is 42.1 Å². The summed E-state index contributed by atoms with van der Waals surface area (Å²) in [6, 6.07) is 8.26. The van der Waals surface area contributed by atoms with Crippen molar-refractivity contribution in [3.63, 3.8) is 0 Å². The van der Waals surface area contributed by atoms with E-state index in [1.165, 1.54) is 5.56 Å². The predicted molar refractivity (Wildman–Crippen MR) is 100 cm³/mol. The lowest BCUT2D eigenvalue weighted by atomic mass is 10.1. The van der Waals surface area contributed by atoms with Gasteiger partial charge in [-0.05, 0) is 24.1 Å². The molecule has 0 bridgehead atoms. The van der Waals surface area contributed by atoms with Gasteiger partial charge >= 0.3 is 0 Å². The summed E-state index contributed by atoms with van der Waals surface area (Å²) in [7, 11) is 0. The molecule has 0 saturated carbocycles. The Labute approximate surface area is 152 Å². The van der Waals surface area contributed by atoms with Crippen LogP contribution in [0.1, 0.15) is 21.8 Å². The second-order valence-corrected chi connectivity index (χ2v) is 7.06. The first kappa shape index (κ1) is 17.8. The van der Waals surface area contributed by atoms with E-state index < -0.39 is 0 Å². The summed E-state index contributed by atoms with van der Waals surface area (Å²) < 4.78 is 5.40. The summed E-state index contributed by atoms with van der Waals surface area (Å²) in [5.74, 6) is -0.105. The highest BCUT2D eigenvalue weighted by Crippen LogP contribution is 2.13. The molecule has 3 rings (SSSR count). The van der Waals surface area contributed by atoms with Gasteiger partial charge in [-0.1, -0.05) is 24.3 Å². The van der Waals surface area contributed by atoms with Crippen LogP contribution in [0.25, 0.3) is 6.08 Å². The SMILES string of the molecule is Cc1nc(/C=C/C(=O)NCc2ccccc2CN2CCOCC2)cs1. The van der Waals surface area contributed by atoms with Crippen molar-refractivity contribution in [2.24, 2.45) is 0 Å². The molecule has 1 aliphatic rings. The Bertz CT molecular complexity index is 736. The number of hydrogen-bond donors (Lipinski definition) is 1. The van der Waals surface area contributed by atoms with Crippen LogP contribution < -0.4 is 5.32 Å². The molecule has 25 heavy (non-hydrogen) atoms. The highest BCUT2D eigenvalue weighted by atomic mass is 32.1. The van der Waals surface area contributed by atoms with Crippen LogP contribution in [0.3, 0.4) is 0 Å². The molecule has 0 atom stereocenters. The maximum absolute atomic E-state index is 12.0. The second-order valence-electron chi connectivity index (χ2n) is 6.00. The molecule has 2 heterocycles. The average Bonchev–Trinajstić information content (AvgIpc) is 3.05. The largest absolute Gasteiger partial charge is 0.379 e. The molecule has 6 heteroatoms. The Morgan fingerprint density at radius 2 is 2.08 bits per heavy atom. The van der Waals surface area contributed by atoms with Crippen LogP contribution >= 0.6 is 11.3 Å². The summed E-state index contributed by atoms with van der Waals surface area (Å²) in [4.78, 5) is 18.7. The van der Waals surface area contributed by atoms with Crippen molar-refractivity contribution in [2.75, 3.05) is 26.3 Å². The van der Waals surface area contributed by atoms with E-state index in [0.29, 0.717) is 6.54 Å². The minimum Gasteiger partial charge on any atom is -0.379 e. The standard InChI is InChI=1S/C19H23N3O2S/c1-15-21-18(14-25-15)6-7-19(23)20-12-16-4-2-3-5-17(16)13-22-8-10-24-11-9-22/h2-7,14H,8-13H2,1H3,(H,20,23)/b7-6+. The number of aryl methyl sites for hydroxylation is 1. The molecular weight excluding hydrogens is 334 g/mol. The molecule has 1 aliphatic heterocycles. The quantitative estimate of drug-likeness (QED) is 0.808. The van der Waals surface area contributed by atoms with Crippen LogP contribution in [0.2, 0.25) is 0 Å². The molecule has 132 valence electrons. The number of morpholine rings is 1. The molecule has 1 amide bonds. The molecule has 5 nitrogen and oxygen atoms in total. The molecule has 1 aromatic carbocycles. The Kier molecular flexibility index (Phi) is 6.33. The number of rotatable bonds is 6. The number of thiazole rings is 1. The van der Waals surface area contributed by atoms with Gasteiger partial charge in [0.05, 0.1) is 23.9 Å². The summed E-state index contributed by atoms with van der Waals surface area (Å²) in [5.41, 5.74) is 3.23. The minimum absolute atomic E-state index is 0.105. The van der Waals surface area contributed by atoms with Gasteiger partial charge in [-0.2, -0.15) is 0 Å². The third-order valence-corrected chi connectivity index (χ3v) is 4.90. The fourth-order valence-electron chi connectivity index (χ4n) is 2.74. The van der Waals surface area contributed by atoms with Gasteiger partial charge in [0.1, 0.15) is 0 Å². The van der Waals surface area contributed by atoms with Gasteiger partial charge in [-0.15, -0.1) is 11.3 Å². The Hall–Kier alpha value is -2.02. The van der Waals surface area contributed by atoms with Gasteiger partial charge in [-0.3, -0.25) is 9.69 Å². The van der Waals surface area contributed by atoms with Crippen LogP contribution in [0.4, 0.5) is 0 Å². The summed E-state index contributed by atoms with van der Waals surface area (Å²) >= 11 is 1.58. The zero-order chi connectivity index (χ0) is 17.5. The lowest BCUT2D eigenvalue weighted by molar-refractivity contribution is -0.116. The van der Waals surface area contributed by atoms with Crippen molar-refractivity contribution in [1.82, 2.24) is 15.2 Å². The topological polar surface area (TPSA) is 54.5 Å². The van der Waals surface area contributed by atoms with Crippen LogP contribution in [0.15, 0.2) is 35.7 Å². The van der Waals surface area contributed by atoms with Gasteiger partial charge in [0.2, 0.25) is 5.91 Å². The first-order valence-electron chi connectivity index (χ1n) is 8.45. The second kappa shape index (κ2) is 8.89. The normalized spacial score (nSPS) is 15.6. The van der Waals surface area contributed by atoms with Crippen molar-refractivity contribution in [3.05, 3.63) is 57.6 Å². The molecule has 2 aromatic rings. The van der Waals surface area contributed by atoms with Crippen LogP contribution in [-0.2, 0) is 22.6 Å². The van der Waals surface area contributed by atoms with E-state index in [0.717, 1.165) is 49.1 Å². The number of amides is 1. The van der Waals surface area contributed by atoms with E-state index in [4.69, 9.17) is 4.74 Å². The van der Waals surface area contributed by atoms with Crippen molar-refractivity contribution < 1.29 is 9.53 Å². The molecule has 0 unspecified atom stereocenters. The predicted octanol–water partition coefficient (Wildman–Crippen LogP) is 2.61.